The van der Waals surface area contributed by atoms with Crippen LogP contribution < -0.4 is 0 Å². The summed E-state index contributed by atoms with van der Waals surface area (Å²) in [6.45, 7) is 6.95. The Labute approximate surface area is 138 Å². The monoisotopic (exact) mass is 337 g/mol. The first-order valence-electron chi connectivity index (χ1n) is 5.76. The van der Waals surface area contributed by atoms with Gasteiger partial charge in [-0.3, -0.25) is 0 Å². The van der Waals surface area contributed by atoms with Crippen LogP contribution in [0.4, 0.5) is 0 Å². The normalized spacial score (nSPS) is 14.3. The van der Waals surface area contributed by atoms with Crippen LogP contribution in [0.5, 0.6) is 0 Å². The minimum atomic E-state index is 0. The Balaban J connectivity index is 0.00000144. The summed E-state index contributed by atoms with van der Waals surface area (Å²) >= 11 is 4.16. The van der Waals surface area contributed by atoms with Crippen molar-refractivity contribution in [2.75, 3.05) is 0 Å². The van der Waals surface area contributed by atoms with Gasteiger partial charge in [0.2, 0.25) is 0 Å². The molecule has 1 aliphatic rings. The summed E-state index contributed by atoms with van der Waals surface area (Å²) in [7, 11) is 0. The molecule has 18 heavy (non-hydrogen) atoms. The van der Waals surface area contributed by atoms with Gasteiger partial charge in [-0.05, 0) is 0 Å². The number of aryl methyl sites for hydroxylation is 1. The third-order valence-electron chi connectivity index (χ3n) is 3.30. The van der Waals surface area contributed by atoms with Crippen molar-refractivity contribution in [2.45, 2.75) is 39.0 Å². The second kappa shape index (κ2) is 7.31. The van der Waals surface area contributed by atoms with E-state index >= 15 is 0 Å². The van der Waals surface area contributed by atoms with E-state index in [-0.39, 0.29) is 30.2 Å². The van der Waals surface area contributed by atoms with E-state index in [4.69, 9.17) is 0 Å². The molecule has 0 unspecified atom stereocenters. The molecule has 0 bridgehead atoms. The maximum Gasteiger partial charge on any atom is -0.147 e. The number of allylic oxidation sites excluding steroid dienone is 4. The summed E-state index contributed by atoms with van der Waals surface area (Å²) in [6.07, 6.45) is 6.87. The number of hydrogen-bond acceptors (Lipinski definition) is 1. The van der Waals surface area contributed by atoms with Crippen molar-refractivity contribution >= 4 is 36.2 Å². The van der Waals surface area contributed by atoms with E-state index in [1.54, 1.807) is 0 Å². The third kappa shape index (κ3) is 3.32. The van der Waals surface area contributed by atoms with Crippen LogP contribution in [0.3, 0.4) is 0 Å². The fraction of sp³-hybridized carbons (Fsp3) is 0.429. The van der Waals surface area contributed by atoms with Crippen molar-refractivity contribution < 1.29 is 20.4 Å². The second-order valence-corrected chi connectivity index (χ2v) is 6.61. The molecule has 0 fully saturated rings. The average Bonchev–Trinajstić information content (AvgIpc) is 2.85. The molecule has 2 rings (SSSR count). The first-order chi connectivity index (χ1) is 7.57. The summed E-state index contributed by atoms with van der Waals surface area (Å²) in [5.41, 5.74) is 3.21. The predicted molar refractivity (Wildman–Crippen MR) is 82.0 cm³/mol. The van der Waals surface area contributed by atoms with E-state index in [2.05, 4.69) is 64.8 Å². The van der Waals surface area contributed by atoms with Gasteiger partial charge in [0.15, 0.2) is 0 Å². The quantitative estimate of drug-likeness (QED) is 0.665. The summed E-state index contributed by atoms with van der Waals surface area (Å²) in [4.78, 5) is 1.54. The molecule has 99 valence electrons. The van der Waals surface area contributed by atoms with E-state index in [9.17, 15) is 0 Å². The molecule has 0 spiro atoms. The zero-order valence-electron chi connectivity index (χ0n) is 10.9. The Bertz CT molecular complexity index is 458. The van der Waals surface area contributed by atoms with Gasteiger partial charge in [0, 0.05) is 0 Å². The van der Waals surface area contributed by atoms with Gasteiger partial charge in [-0.1, -0.05) is 0 Å². The minimum absolute atomic E-state index is 0. The Morgan fingerprint density at radius 1 is 1.33 bits per heavy atom. The number of thiophene rings is 1. The van der Waals surface area contributed by atoms with E-state index in [1.165, 1.54) is 19.9 Å². The van der Waals surface area contributed by atoms with Crippen LogP contribution in [-0.4, -0.2) is 0 Å². The van der Waals surface area contributed by atoms with Crippen molar-refractivity contribution in [1.82, 2.24) is 0 Å². The standard InChI is InChI=1S/C14H17S.2ClH.Ti/c1-4-11-9-10-15-13(11)14(2,3)12-7-5-6-8-12;;;/h5,7,9-10H,4,6H2,1-3H3;2*1H;. The molecule has 0 saturated heterocycles. The molecular weight excluding hydrogens is 319 g/mol. The summed E-state index contributed by atoms with van der Waals surface area (Å²) in [5.74, 6) is 0. The van der Waals surface area contributed by atoms with Crippen LogP contribution in [0.25, 0.3) is 0 Å². The van der Waals surface area contributed by atoms with Crippen molar-refractivity contribution in [3.63, 3.8) is 0 Å². The van der Waals surface area contributed by atoms with Gasteiger partial charge in [0.1, 0.15) is 0 Å². The van der Waals surface area contributed by atoms with Gasteiger partial charge in [-0.2, -0.15) is 0 Å². The molecule has 4 heteroatoms. The number of rotatable bonds is 3. The molecule has 0 nitrogen and oxygen atoms in total. The Morgan fingerprint density at radius 3 is 2.50 bits per heavy atom. The topological polar surface area (TPSA) is 0 Å². The van der Waals surface area contributed by atoms with Crippen LogP contribution in [-0.2, 0) is 32.3 Å². The smallest absolute Gasteiger partial charge is 0.147 e. The van der Waals surface area contributed by atoms with Crippen LogP contribution in [0, 0.1) is 0 Å². The first-order valence-corrected chi connectivity index (χ1v) is 7.42. The van der Waals surface area contributed by atoms with Crippen LogP contribution in [0.1, 0.15) is 37.6 Å². The molecule has 0 aromatic carbocycles. The molecule has 0 atom stereocenters. The Morgan fingerprint density at radius 2 is 2.00 bits per heavy atom. The zero-order chi connectivity index (χ0) is 11.8. The van der Waals surface area contributed by atoms with Crippen molar-refractivity contribution in [1.29, 1.82) is 0 Å². The van der Waals surface area contributed by atoms with Gasteiger partial charge in [-0.15, -0.1) is 24.8 Å². The van der Waals surface area contributed by atoms with Crippen LogP contribution in [0.15, 0.2) is 33.0 Å². The van der Waals surface area contributed by atoms with Crippen molar-refractivity contribution in [2.24, 2.45) is 0 Å². The summed E-state index contributed by atoms with van der Waals surface area (Å²) < 4.78 is 1.53. The van der Waals surface area contributed by atoms with E-state index < -0.39 is 0 Å². The molecule has 1 aromatic rings. The second-order valence-electron chi connectivity index (χ2n) is 4.75. The molecular formula is C14H19Cl2STi. The fourth-order valence-corrected chi connectivity index (χ4v) is 4.31. The Hall–Kier alpha value is 0.474. The van der Waals surface area contributed by atoms with Crippen LogP contribution >= 0.6 is 36.2 Å². The fourth-order valence-electron chi connectivity index (χ4n) is 2.38. The maximum atomic E-state index is 2.35. The summed E-state index contributed by atoms with van der Waals surface area (Å²) in [5, 5.41) is 2.23. The molecule has 0 saturated carbocycles. The maximum absolute atomic E-state index is 2.35. The van der Waals surface area contributed by atoms with Gasteiger partial charge in [0.05, 0.1) is 0 Å². The van der Waals surface area contributed by atoms with Gasteiger partial charge in [-0.25, -0.2) is 0 Å². The van der Waals surface area contributed by atoms with Gasteiger partial charge in [0.25, 0.3) is 0 Å². The number of hydrogen-bond donors (Lipinski definition) is 0. The van der Waals surface area contributed by atoms with E-state index in [1.807, 2.05) is 11.3 Å². The van der Waals surface area contributed by atoms with Gasteiger partial charge < -0.3 is 0 Å². The largest absolute Gasteiger partial charge is 0.147 e. The van der Waals surface area contributed by atoms with E-state index in [0.717, 1.165) is 12.8 Å². The minimum Gasteiger partial charge on any atom is -0.147 e. The molecule has 1 heterocycles. The molecule has 0 radical (unpaired) electrons. The van der Waals surface area contributed by atoms with Crippen molar-refractivity contribution in [3.8, 4) is 0 Å². The Kier molecular flexibility index (Phi) is 7.50. The SMILES string of the molecule is CCc1ccsc1C(C)(C)C1=[C]([Ti])CC=C1.Cl.Cl. The van der Waals surface area contributed by atoms with E-state index in [0.29, 0.717) is 0 Å². The van der Waals surface area contributed by atoms with Crippen LogP contribution in [0.2, 0.25) is 0 Å². The molecule has 0 aliphatic heterocycles. The third-order valence-corrected chi connectivity index (χ3v) is 5.32. The van der Waals surface area contributed by atoms with Crippen molar-refractivity contribution in [3.05, 3.63) is 43.5 Å². The number of halogens is 2. The molecule has 0 N–H and O–H groups in total. The molecule has 0 amide bonds. The predicted octanol–water partition coefficient (Wildman–Crippen LogP) is 5.19. The first kappa shape index (κ1) is 18.5. The summed E-state index contributed by atoms with van der Waals surface area (Å²) in [6, 6.07) is 2.27. The molecule has 1 aromatic heterocycles. The molecule has 1 aliphatic carbocycles. The zero-order valence-corrected chi connectivity index (χ0v) is 15.0. The average molecular weight is 338 g/mol. The van der Waals surface area contributed by atoms with Gasteiger partial charge >= 0.3 is 114 Å².